The molecule has 0 aliphatic heterocycles. The number of benzene rings is 1. The van der Waals surface area contributed by atoms with Gasteiger partial charge in [0.1, 0.15) is 0 Å². The summed E-state index contributed by atoms with van der Waals surface area (Å²) in [5.74, 6) is -0.176. The van der Waals surface area contributed by atoms with E-state index < -0.39 is 10.0 Å². The van der Waals surface area contributed by atoms with Crippen molar-refractivity contribution in [1.29, 1.82) is 0 Å². The van der Waals surface area contributed by atoms with E-state index in [2.05, 4.69) is 5.32 Å². The van der Waals surface area contributed by atoms with Crippen LogP contribution in [0.1, 0.15) is 23.2 Å². The van der Waals surface area contributed by atoms with E-state index >= 15 is 0 Å². The van der Waals surface area contributed by atoms with Gasteiger partial charge in [-0.15, -0.1) is 0 Å². The summed E-state index contributed by atoms with van der Waals surface area (Å²) >= 11 is 0. The van der Waals surface area contributed by atoms with Crippen molar-refractivity contribution in [2.75, 3.05) is 19.3 Å². The van der Waals surface area contributed by atoms with Gasteiger partial charge in [-0.2, -0.15) is 4.31 Å². The van der Waals surface area contributed by atoms with Crippen molar-refractivity contribution in [3.05, 3.63) is 35.9 Å². The normalized spacial score (nSPS) is 15.5. The van der Waals surface area contributed by atoms with E-state index in [9.17, 15) is 13.2 Å². The summed E-state index contributed by atoms with van der Waals surface area (Å²) < 4.78 is 24.6. The molecule has 0 saturated heterocycles. The molecule has 0 aromatic heterocycles. The van der Waals surface area contributed by atoms with Crippen LogP contribution in [-0.2, 0) is 10.0 Å². The zero-order valence-corrected chi connectivity index (χ0v) is 11.7. The molecule has 0 unspecified atom stereocenters. The molecule has 1 amide bonds. The highest BCUT2D eigenvalue weighted by Crippen LogP contribution is 2.28. The molecule has 6 heteroatoms. The van der Waals surface area contributed by atoms with Crippen LogP contribution in [0.3, 0.4) is 0 Å². The quantitative estimate of drug-likeness (QED) is 0.841. The van der Waals surface area contributed by atoms with E-state index in [1.54, 1.807) is 24.3 Å². The van der Waals surface area contributed by atoms with Crippen LogP contribution in [0.2, 0.25) is 0 Å². The standard InChI is InChI=1S/C13H18N2O3S/c1-19(17,18)15(12-7-8-12)10-9-14-13(16)11-5-3-2-4-6-11/h2-6,12H,7-10H2,1H3,(H,14,16). The maximum absolute atomic E-state index is 11.8. The lowest BCUT2D eigenvalue weighted by Crippen LogP contribution is -2.39. The van der Waals surface area contributed by atoms with Crippen molar-refractivity contribution < 1.29 is 13.2 Å². The highest BCUT2D eigenvalue weighted by Gasteiger charge is 2.34. The molecule has 1 N–H and O–H groups in total. The predicted octanol–water partition coefficient (Wildman–Crippen LogP) is 0.840. The van der Waals surface area contributed by atoms with E-state index in [1.165, 1.54) is 10.6 Å². The number of carbonyl (C=O) groups excluding carboxylic acids is 1. The number of carbonyl (C=O) groups is 1. The Labute approximate surface area is 113 Å². The Bertz CT molecular complexity index is 538. The molecule has 1 aromatic rings. The fourth-order valence-electron chi connectivity index (χ4n) is 1.95. The first-order chi connectivity index (χ1) is 8.98. The first-order valence-electron chi connectivity index (χ1n) is 6.28. The van der Waals surface area contributed by atoms with Gasteiger partial charge in [-0.25, -0.2) is 8.42 Å². The maximum atomic E-state index is 11.8. The molecule has 5 nitrogen and oxygen atoms in total. The Morgan fingerprint density at radius 1 is 1.32 bits per heavy atom. The molecule has 1 saturated carbocycles. The van der Waals surface area contributed by atoms with E-state index in [4.69, 9.17) is 0 Å². The van der Waals surface area contributed by atoms with Crippen LogP contribution in [0, 0.1) is 0 Å². The van der Waals surface area contributed by atoms with Crippen LogP contribution in [0.5, 0.6) is 0 Å². The van der Waals surface area contributed by atoms with Crippen molar-refractivity contribution in [2.24, 2.45) is 0 Å². The van der Waals surface area contributed by atoms with Gasteiger partial charge in [-0.1, -0.05) is 18.2 Å². The molecule has 0 heterocycles. The van der Waals surface area contributed by atoms with Crippen molar-refractivity contribution in [3.63, 3.8) is 0 Å². The summed E-state index contributed by atoms with van der Waals surface area (Å²) in [7, 11) is -3.18. The van der Waals surface area contributed by atoms with Gasteiger partial charge in [0.15, 0.2) is 0 Å². The first kappa shape index (κ1) is 14.0. The molecule has 19 heavy (non-hydrogen) atoms. The first-order valence-corrected chi connectivity index (χ1v) is 8.13. The second kappa shape index (κ2) is 5.71. The van der Waals surface area contributed by atoms with Gasteiger partial charge in [0.05, 0.1) is 6.26 Å². The summed E-state index contributed by atoms with van der Waals surface area (Å²) in [4.78, 5) is 11.8. The van der Waals surface area contributed by atoms with Gasteiger partial charge in [-0.3, -0.25) is 4.79 Å². The molecule has 1 fully saturated rings. The molecule has 0 radical (unpaired) electrons. The Morgan fingerprint density at radius 3 is 2.47 bits per heavy atom. The minimum absolute atomic E-state index is 0.128. The Kier molecular flexibility index (Phi) is 4.21. The van der Waals surface area contributed by atoms with Crippen LogP contribution in [0.25, 0.3) is 0 Å². The third-order valence-electron chi connectivity index (χ3n) is 3.03. The molecular weight excluding hydrogens is 264 g/mol. The SMILES string of the molecule is CS(=O)(=O)N(CCNC(=O)c1ccccc1)C1CC1. The second-order valence-electron chi connectivity index (χ2n) is 4.73. The van der Waals surface area contributed by atoms with Crippen LogP contribution in [0.15, 0.2) is 30.3 Å². The smallest absolute Gasteiger partial charge is 0.251 e. The number of rotatable bonds is 6. The van der Waals surface area contributed by atoms with Crippen LogP contribution < -0.4 is 5.32 Å². The van der Waals surface area contributed by atoms with Crippen molar-refractivity contribution in [1.82, 2.24) is 9.62 Å². The fraction of sp³-hybridized carbons (Fsp3) is 0.462. The second-order valence-corrected chi connectivity index (χ2v) is 6.66. The van der Waals surface area contributed by atoms with Gasteiger partial charge in [0, 0.05) is 24.7 Å². The fourth-order valence-corrected chi connectivity index (χ4v) is 3.13. The monoisotopic (exact) mass is 282 g/mol. The number of nitrogens with one attached hydrogen (secondary N) is 1. The van der Waals surface area contributed by atoms with E-state index in [-0.39, 0.29) is 11.9 Å². The van der Waals surface area contributed by atoms with Gasteiger partial charge < -0.3 is 5.32 Å². The summed E-state index contributed by atoms with van der Waals surface area (Å²) in [6, 6.07) is 9.01. The number of nitrogens with zero attached hydrogens (tertiary/aromatic N) is 1. The molecule has 1 aliphatic rings. The van der Waals surface area contributed by atoms with Crippen LogP contribution >= 0.6 is 0 Å². The molecule has 0 atom stereocenters. The molecule has 104 valence electrons. The number of hydrogen-bond donors (Lipinski definition) is 1. The van der Waals surface area contributed by atoms with E-state index in [0.717, 1.165) is 12.8 Å². The molecule has 1 aliphatic carbocycles. The van der Waals surface area contributed by atoms with Crippen LogP contribution in [-0.4, -0.2) is 44.0 Å². The largest absolute Gasteiger partial charge is 0.351 e. The Hall–Kier alpha value is -1.40. The lowest BCUT2D eigenvalue weighted by atomic mass is 10.2. The van der Waals surface area contributed by atoms with Gasteiger partial charge in [-0.05, 0) is 25.0 Å². The lowest BCUT2D eigenvalue weighted by Gasteiger charge is -2.19. The van der Waals surface area contributed by atoms with Gasteiger partial charge in [0.25, 0.3) is 5.91 Å². The maximum Gasteiger partial charge on any atom is 0.251 e. The lowest BCUT2D eigenvalue weighted by molar-refractivity contribution is 0.0951. The number of hydrogen-bond acceptors (Lipinski definition) is 3. The Balaban J connectivity index is 1.84. The molecule has 1 aromatic carbocycles. The Morgan fingerprint density at radius 2 is 1.95 bits per heavy atom. The minimum Gasteiger partial charge on any atom is -0.351 e. The molecule has 2 rings (SSSR count). The topological polar surface area (TPSA) is 66.5 Å². The highest BCUT2D eigenvalue weighted by molar-refractivity contribution is 7.88. The number of sulfonamides is 1. The van der Waals surface area contributed by atoms with Gasteiger partial charge >= 0.3 is 0 Å². The number of amides is 1. The molecule has 0 bridgehead atoms. The molecule has 0 spiro atoms. The van der Waals surface area contributed by atoms with Crippen LogP contribution in [0.4, 0.5) is 0 Å². The average Bonchev–Trinajstić information content (AvgIpc) is 3.18. The predicted molar refractivity (Wildman–Crippen MR) is 73.3 cm³/mol. The highest BCUT2D eigenvalue weighted by atomic mass is 32.2. The molecular formula is C13H18N2O3S. The van der Waals surface area contributed by atoms with E-state index in [1.807, 2.05) is 6.07 Å². The average molecular weight is 282 g/mol. The van der Waals surface area contributed by atoms with Crippen molar-refractivity contribution in [3.8, 4) is 0 Å². The zero-order chi connectivity index (χ0) is 13.9. The third kappa shape index (κ3) is 4.04. The third-order valence-corrected chi connectivity index (χ3v) is 4.37. The summed E-state index contributed by atoms with van der Waals surface area (Å²) in [5.41, 5.74) is 0.583. The minimum atomic E-state index is -3.18. The zero-order valence-electron chi connectivity index (χ0n) is 10.9. The van der Waals surface area contributed by atoms with Gasteiger partial charge in [0.2, 0.25) is 10.0 Å². The van der Waals surface area contributed by atoms with Crippen molar-refractivity contribution >= 4 is 15.9 Å². The van der Waals surface area contributed by atoms with E-state index in [0.29, 0.717) is 18.7 Å². The van der Waals surface area contributed by atoms with Crippen molar-refractivity contribution in [2.45, 2.75) is 18.9 Å². The summed E-state index contributed by atoms with van der Waals surface area (Å²) in [6.45, 7) is 0.666. The summed E-state index contributed by atoms with van der Waals surface area (Å²) in [5, 5.41) is 2.74. The summed E-state index contributed by atoms with van der Waals surface area (Å²) in [6.07, 6.45) is 3.05.